The standard InChI is InChI=1S/C20H15ClFN3O5/c1-10(26)29-20(30-11(2)27)15-9-13(22)5-6-14(15)19(28)25-17-8-4-12-3-7-16(21)23-18(12)24-17/h3-9,20H,1-2H3,(H,23,24,25,28). The highest BCUT2D eigenvalue weighted by atomic mass is 35.5. The molecule has 2 heterocycles. The first-order chi connectivity index (χ1) is 14.2. The van der Waals surface area contributed by atoms with Crippen molar-refractivity contribution in [3.05, 3.63) is 64.6 Å². The molecule has 2 aromatic heterocycles. The maximum absolute atomic E-state index is 13.8. The fourth-order valence-electron chi connectivity index (χ4n) is 2.62. The average molecular weight is 432 g/mol. The van der Waals surface area contributed by atoms with Crippen molar-refractivity contribution < 1.29 is 28.2 Å². The summed E-state index contributed by atoms with van der Waals surface area (Å²) in [7, 11) is 0. The Morgan fingerprint density at radius 3 is 2.33 bits per heavy atom. The number of aromatic nitrogens is 2. The molecule has 0 saturated heterocycles. The van der Waals surface area contributed by atoms with Crippen LogP contribution >= 0.6 is 11.6 Å². The number of ether oxygens (including phenoxy) is 2. The summed E-state index contributed by atoms with van der Waals surface area (Å²) in [5.74, 6) is -2.81. The Labute approximate surface area is 175 Å². The van der Waals surface area contributed by atoms with Gasteiger partial charge in [-0.15, -0.1) is 0 Å². The second-order valence-electron chi connectivity index (χ2n) is 6.11. The van der Waals surface area contributed by atoms with Crippen LogP contribution in [-0.4, -0.2) is 27.8 Å². The number of hydrogen-bond acceptors (Lipinski definition) is 7. The van der Waals surface area contributed by atoms with Crippen molar-refractivity contribution in [3.63, 3.8) is 0 Å². The molecule has 0 spiro atoms. The Hall–Kier alpha value is -3.59. The van der Waals surface area contributed by atoms with Gasteiger partial charge in [-0.3, -0.25) is 14.4 Å². The fraction of sp³-hybridized carbons (Fsp3) is 0.150. The largest absolute Gasteiger partial charge is 0.421 e. The Kier molecular flexibility index (Phi) is 6.22. The zero-order chi connectivity index (χ0) is 21.8. The first-order valence-corrected chi connectivity index (χ1v) is 8.99. The van der Waals surface area contributed by atoms with E-state index in [0.717, 1.165) is 26.0 Å². The molecule has 154 valence electrons. The topological polar surface area (TPSA) is 107 Å². The highest BCUT2D eigenvalue weighted by Gasteiger charge is 2.25. The van der Waals surface area contributed by atoms with E-state index in [1.165, 1.54) is 6.07 Å². The van der Waals surface area contributed by atoms with Gasteiger partial charge >= 0.3 is 11.9 Å². The van der Waals surface area contributed by atoms with Crippen LogP contribution in [0.3, 0.4) is 0 Å². The van der Waals surface area contributed by atoms with Crippen molar-refractivity contribution in [3.8, 4) is 0 Å². The van der Waals surface area contributed by atoms with Crippen LogP contribution in [0.2, 0.25) is 5.15 Å². The van der Waals surface area contributed by atoms with E-state index in [4.69, 9.17) is 21.1 Å². The quantitative estimate of drug-likeness (QED) is 0.372. The lowest BCUT2D eigenvalue weighted by molar-refractivity contribution is -0.186. The summed E-state index contributed by atoms with van der Waals surface area (Å²) in [6.45, 7) is 2.18. The van der Waals surface area contributed by atoms with Crippen LogP contribution in [0, 0.1) is 5.82 Å². The predicted molar refractivity (Wildman–Crippen MR) is 105 cm³/mol. The Balaban J connectivity index is 1.95. The monoisotopic (exact) mass is 431 g/mol. The van der Waals surface area contributed by atoms with E-state index in [-0.39, 0.29) is 22.1 Å². The van der Waals surface area contributed by atoms with Gasteiger partial charge < -0.3 is 14.8 Å². The average Bonchev–Trinajstić information content (AvgIpc) is 2.66. The van der Waals surface area contributed by atoms with Crippen LogP contribution in [0.4, 0.5) is 10.2 Å². The van der Waals surface area contributed by atoms with Gasteiger partial charge in [-0.1, -0.05) is 11.6 Å². The number of nitrogens with zero attached hydrogens (tertiary/aromatic N) is 2. The first-order valence-electron chi connectivity index (χ1n) is 8.61. The van der Waals surface area contributed by atoms with Gasteiger partial charge in [-0.2, -0.15) is 0 Å². The molecule has 0 aliphatic carbocycles. The molecule has 1 amide bonds. The lowest BCUT2D eigenvalue weighted by Crippen LogP contribution is -2.21. The third-order valence-electron chi connectivity index (χ3n) is 3.82. The summed E-state index contributed by atoms with van der Waals surface area (Å²) in [5.41, 5.74) is 0.0991. The zero-order valence-electron chi connectivity index (χ0n) is 15.8. The van der Waals surface area contributed by atoms with Gasteiger partial charge in [0.05, 0.1) is 5.56 Å². The van der Waals surface area contributed by atoms with E-state index in [9.17, 15) is 18.8 Å². The molecule has 30 heavy (non-hydrogen) atoms. The van der Waals surface area contributed by atoms with E-state index in [1.54, 1.807) is 24.3 Å². The number of benzene rings is 1. The van der Waals surface area contributed by atoms with Gasteiger partial charge in [0.25, 0.3) is 12.2 Å². The molecular weight excluding hydrogens is 417 g/mol. The van der Waals surface area contributed by atoms with Gasteiger partial charge in [0, 0.05) is 24.8 Å². The molecule has 10 heteroatoms. The minimum absolute atomic E-state index is 0.0788. The molecule has 0 aliphatic heterocycles. The zero-order valence-corrected chi connectivity index (χ0v) is 16.6. The van der Waals surface area contributed by atoms with Crippen molar-refractivity contribution in [2.75, 3.05) is 5.32 Å². The minimum Gasteiger partial charge on any atom is -0.421 e. The van der Waals surface area contributed by atoms with E-state index in [1.807, 2.05) is 0 Å². The van der Waals surface area contributed by atoms with Crippen molar-refractivity contribution in [2.24, 2.45) is 0 Å². The maximum Gasteiger partial charge on any atom is 0.305 e. The molecule has 3 rings (SSSR count). The maximum atomic E-state index is 13.8. The van der Waals surface area contributed by atoms with Crippen LogP contribution in [0.1, 0.15) is 36.1 Å². The molecule has 8 nitrogen and oxygen atoms in total. The summed E-state index contributed by atoms with van der Waals surface area (Å²) >= 11 is 5.87. The predicted octanol–water partition coefficient (Wildman–Crippen LogP) is 3.80. The van der Waals surface area contributed by atoms with Crippen LogP contribution in [0.25, 0.3) is 11.0 Å². The SMILES string of the molecule is CC(=O)OC(OC(C)=O)c1cc(F)ccc1C(=O)Nc1ccc2ccc(Cl)nc2n1. The third kappa shape index (κ3) is 5.06. The van der Waals surface area contributed by atoms with Gasteiger partial charge in [0.15, 0.2) is 5.65 Å². The summed E-state index contributed by atoms with van der Waals surface area (Å²) < 4.78 is 23.7. The minimum atomic E-state index is -1.60. The molecule has 0 bridgehead atoms. The number of carbonyl (C=O) groups excluding carboxylic acids is 3. The fourth-order valence-corrected chi connectivity index (χ4v) is 2.76. The van der Waals surface area contributed by atoms with Crippen molar-refractivity contribution in [1.82, 2.24) is 9.97 Å². The van der Waals surface area contributed by atoms with E-state index >= 15 is 0 Å². The second kappa shape index (κ2) is 8.83. The molecule has 0 atom stereocenters. The smallest absolute Gasteiger partial charge is 0.305 e. The molecule has 1 aromatic carbocycles. The van der Waals surface area contributed by atoms with E-state index < -0.39 is 30.0 Å². The highest BCUT2D eigenvalue weighted by molar-refractivity contribution is 6.29. The Morgan fingerprint density at radius 2 is 1.67 bits per heavy atom. The van der Waals surface area contributed by atoms with Crippen LogP contribution in [0.15, 0.2) is 42.5 Å². The van der Waals surface area contributed by atoms with Gasteiger partial charge in [0.1, 0.15) is 16.8 Å². The van der Waals surface area contributed by atoms with Gasteiger partial charge in [-0.05, 0) is 42.5 Å². The van der Waals surface area contributed by atoms with E-state index in [2.05, 4.69) is 15.3 Å². The molecule has 3 aromatic rings. The first kappa shape index (κ1) is 21.1. The number of esters is 2. The molecule has 0 unspecified atom stereocenters. The Morgan fingerprint density at radius 1 is 1.00 bits per heavy atom. The second-order valence-corrected chi connectivity index (χ2v) is 6.50. The normalized spacial score (nSPS) is 10.7. The van der Waals surface area contributed by atoms with Crippen LogP contribution in [-0.2, 0) is 19.1 Å². The number of rotatable bonds is 5. The number of carbonyl (C=O) groups is 3. The number of fused-ring (bicyclic) bond motifs is 1. The molecular formula is C20H15ClFN3O5. The Bertz CT molecular complexity index is 1140. The molecule has 0 fully saturated rings. The number of hydrogen-bond donors (Lipinski definition) is 1. The van der Waals surface area contributed by atoms with Gasteiger partial charge in [-0.25, -0.2) is 14.4 Å². The van der Waals surface area contributed by atoms with Crippen LogP contribution in [0.5, 0.6) is 0 Å². The number of nitrogens with one attached hydrogen (secondary N) is 1. The molecule has 0 radical (unpaired) electrons. The van der Waals surface area contributed by atoms with E-state index in [0.29, 0.717) is 11.0 Å². The number of halogens is 2. The van der Waals surface area contributed by atoms with Crippen LogP contribution < -0.4 is 5.32 Å². The van der Waals surface area contributed by atoms with Gasteiger partial charge in [0.2, 0.25) is 0 Å². The van der Waals surface area contributed by atoms with Crippen molar-refractivity contribution in [1.29, 1.82) is 0 Å². The third-order valence-corrected chi connectivity index (χ3v) is 4.03. The van der Waals surface area contributed by atoms with Crippen molar-refractivity contribution >= 4 is 46.3 Å². The van der Waals surface area contributed by atoms with Crippen molar-refractivity contribution in [2.45, 2.75) is 20.1 Å². The molecule has 1 N–H and O–H groups in total. The number of amides is 1. The number of anilines is 1. The lowest BCUT2D eigenvalue weighted by Gasteiger charge is -2.19. The summed E-state index contributed by atoms with van der Waals surface area (Å²) in [4.78, 5) is 43.9. The highest BCUT2D eigenvalue weighted by Crippen LogP contribution is 2.26. The molecule has 0 aliphatic rings. The summed E-state index contributed by atoms with van der Waals surface area (Å²) in [5, 5.41) is 3.51. The number of pyridine rings is 2. The summed E-state index contributed by atoms with van der Waals surface area (Å²) in [6, 6.07) is 9.74. The molecule has 0 saturated carbocycles. The lowest BCUT2D eigenvalue weighted by atomic mass is 10.1. The summed E-state index contributed by atoms with van der Waals surface area (Å²) in [6.07, 6.45) is -1.60.